The quantitative estimate of drug-likeness (QED) is 0.824. The van der Waals surface area contributed by atoms with E-state index in [9.17, 15) is 0 Å². The normalized spacial score (nSPS) is 40.5. The highest BCUT2D eigenvalue weighted by molar-refractivity contribution is 5.04. The molecule has 2 saturated carbocycles. The van der Waals surface area contributed by atoms with Crippen molar-refractivity contribution in [2.45, 2.75) is 84.5 Å². The summed E-state index contributed by atoms with van der Waals surface area (Å²) in [5, 5.41) is 3.44. The standard InChI is InChI=1S/C16H31NO/c1-6-16(4)13(17-5)11-14(16)18-12-7-9-15(2,3)10-8-12/h12-14,17H,6-11H2,1-5H3. The Kier molecular flexibility index (Phi) is 4.08. The third-order valence-corrected chi connectivity index (χ3v) is 5.73. The maximum atomic E-state index is 6.42. The van der Waals surface area contributed by atoms with Crippen LogP contribution in [-0.2, 0) is 4.74 Å². The van der Waals surface area contributed by atoms with Gasteiger partial charge in [-0.25, -0.2) is 0 Å². The second-order valence-electron chi connectivity index (χ2n) is 7.42. The molecule has 2 aliphatic carbocycles. The zero-order valence-electron chi connectivity index (χ0n) is 12.9. The highest BCUT2D eigenvalue weighted by Crippen LogP contribution is 2.47. The molecular formula is C16H31NO. The Bertz CT molecular complexity index is 279. The summed E-state index contributed by atoms with van der Waals surface area (Å²) >= 11 is 0. The van der Waals surface area contributed by atoms with Gasteiger partial charge in [-0.2, -0.15) is 0 Å². The third-order valence-electron chi connectivity index (χ3n) is 5.73. The molecule has 0 aromatic rings. The van der Waals surface area contributed by atoms with Crippen LogP contribution in [0.5, 0.6) is 0 Å². The fraction of sp³-hybridized carbons (Fsp3) is 1.00. The summed E-state index contributed by atoms with van der Waals surface area (Å²) in [6.07, 6.45) is 8.56. The molecule has 0 radical (unpaired) electrons. The fourth-order valence-electron chi connectivity index (χ4n) is 3.69. The molecule has 1 N–H and O–H groups in total. The van der Waals surface area contributed by atoms with E-state index in [1.54, 1.807) is 0 Å². The van der Waals surface area contributed by atoms with Gasteiger partial charge >= 0.3 is 0 Å². The molecule has 0 saturated heterocycles. The van der Waals surface area contributed by atoms with Crippen LogP contribution in [0.1, 0.15) is 66.2 Å². The van der Waals surface area contributed by atoms with E-state index in [2.05, 4.69) is 40.1 Å². The van der Waals surface area contributed by atoms with Crippen LogP contribution in [0.15, 0.2) is 0 Å². The summed E-state index contributed by atoms with van der Waals surface area (Å²) in [7, 11) is 2.08. The van der Waals surface area contributed by atoms with Crippen LogP contribution in [0.4, 0.5) is 0 Å². The first-order chi connectivity index (χ1) is 8.41. The summed E-state index contributed by atoms with van der Waals surface area (Å²) < 4.78 is 6.42. The molecule has 3 atom stereocenters. The van der Waals surface area contributed by atoms with E-state index < -0.39 is 0 Å². The summed E-state index contributed by atoms with van der Waals surface area (Å²) in [5.74, 6) is 0. The van der Waals surface area contributed by atoms with Gasteiger partial charge in [-0.3, -0.25) is 0 Å². The molecule has 0 amide bonds. The van der Waals surface area contributed by atoms with Crippen molar-refractivity contribution in [2.75, 3.05) is 7.05 Å². The lowest BCUT2D eigenvalue weighted by atomic mass is 9.61. The highest BCUT2D eigenvalue weighted by Gasteiger charge is 2.51. The van der Waals surface area contributed by atoms with E-state index >= 15 is 0 Å². The van der Waals surface area contributed by atoms with Crippen molar-refractivity contribution in [3.05, 3.63) is 0 Å². The molecule has 0 aliphatic heterocycles. The Labute approximate surface area is 113 Å². The Morgan fingerprint density at radius 2 is 1.78 bits per heavy atom. The van der Waals surface area contributed by atoms with Gasteiger partial charge in [0, 0.05) is 11.5 Å². The molecule has 3 unspecified atom stereocenters. The second kappa shape index (κ2) is 5.13. The zero-order chi connectivity index (χ0) is 13.4. The van der Waals surface area contributed by atoms with E-state index in [1.807, 2.05) is 0 Å². The van der Waals surface area contributed by atoms with Gasteiger partial charge in [-0.1, -0.05) is 27.7 Å². The zero-order valence-corrected chi connectivity index (χ0v) is 12.9. The molecule has 2 fully saturated rings. The van der Waals surface area contributed by atoms with Gasteiger partial charge < -0.3 is 10.1 Å². The second-order valence-corrected chi connectivity index (χ2v) is 7.42. The molecule has 0 spiro atoms. The SMILES string of the molecule is CCC1(C)C(NC)CC1OC1CCC(C)(C)CC1. The first-order valence-corrected chi connectivity index (χ1v) is 7.74. The van der Waals surface area contributed by atoms with Crippen LogP contribution < -0.4 is 5.32 Å². The lowest BCUT2D eigenvalue weighted by Gasteiger charge is -2.55. The molecule has 18 heavy (non-hydrogen) atoms. The van der Waals surface area contributed by atoms with E-state index in [1.165, 1.54) is 38.5 Å². The maximum absolute atomic E-state index is 6.42. The van der Waals surface area contributed by atoms with Crippen molar-refractivity contribution in [1.29, 1.82) is 0 Å². The molecule has 2 aliphatic rings. The Morgan fingerprint density at radius 3 is 2.28 bits per heavy atom. The smallest absolute Gasteiger partial charge is 0.0662 e. The van der Waals surface area contributed by atoms with Crippen LogP contribution in [0, 0.1) is 10.8 Å². The van der Waals surface area contributed by atoms with Crippen LogP contribution in [0.2, 0.25) is 0 Å². The van der Waals surface area contributed by atoms with Gasteiger partial charge in [-0.05, 0) is 51.0 Å². The summed E-state index contributed by atoms with van der Waals surface area (Å²) in [4.78, 5) is 0. The number of rotatable bonds is 4. The van der Waals surface area contributed by atoms with Gasteiger partial charge in [0.2, 0.25) is 0 Å². The largest absolute Gasteiger partial charge is 0.374 e. The monoisotopic (exact) mass is 253 g/mol. The van der Waals surface area contributed by atoms with Crippen molar-refractivity contribution in [3.8, 4) is 0 Å². The van der Waals surface area contributed by atoms with Gasteiger partial charge in [0.05, 0.1) is 12.2 Å². The predicted molar refractivity (Wildman–Crippen MR) is 76.8 cm³/mol. The molecule has 0 heterocycles. The Hall–Kier alpha value is -0.0800. The van der Waals surface area contributed by atoms with Crippen LogP contribution in [0.25, 0.3) is 0 Å². The first kappa shape index (κ1) is 14.3. The number of ether oxygens (including phenoxy) is 1. The van der Waals surface area contributed by atoms with Crippen molar-refractivity contribution in [3.63, 3.8) is 0 Å². The third kappa shape index (κ3) is 2.60. The first-order valence-electron chi connectivity index (χ1n) is 7.74. The van der Waals surface area contributed by atoms with Crippen molar-refractivity contribution in [2.24, 2.45) is 10.8 Å². The van der Waals surface area contributed by atoms with Gasteiger partial charge in [0.15, 0.2) is 0 Å². The number of nitrogens with one attached hydrogen (secondary N) is 1. The highest BCUT2D eigenvalue weighted by atomic mass is 16.5. The van der Waals surface area contributed by atoms with E-state index in [4.69, 9.17) is 4.74 Å². The number of hydrogen-bond acceptors (Lipinski definition) is 2. The minimum atomic E-state index is 0.349. The molecule has 0 aromatic carbocycles. The lowest BCUT2D eigenvalue weighted by Crippen LogP contribution is -2.62. The Morgan fingerprint density at radius 1 is 1.17 bits per heavy atom. The Balaban J connectivity index is 1.85. The van der Waals surface area contributed by atoms with Gasteiger partial charge in [0.1, 0.15) is 0 Å². The van der Waals surface area contributed by atoms with Crippen molar-refractivity contribution < 1.29 is 4.74 Å². The molecule has 0 aromatic heterocycles. The molecule has 2 nitrogen and oxygen atoms in total. The van der Waals surface area contributed by atoms with Crippen molar-refractivity contribution >= 4 is 0 Å². The minimum absolute atomic E-state index is 0.349. The van der Waals surface area contributed by atoms with Crippen LogP contribution in [0.3, 0.4) is 0 Å². The van der Waals surface area contributed by atoms with Crippen LogP contribution in [-0.4, -0.2) is 25.3 Å². The van der Waals surface area contributed by atoms with Gasteiger partial charge in [-0.15, -0.1) is 0 Å². The summed E-state index contributed by atoms with van der Waals surface area (Å²) in [6, 6.07) is 0.646. The average Bonchev–Trinajstić information content (AvgIpc) is 2.34. The molecule has 0 bridgehead atoms. The molecule has 2 rings (SSSR count). The van der Waals surface area contributed by atoms with Gasteiger partial charge in [0.25, 0.3) is 0 Å². The summed E-state index contributed by atoms with van der Waals surface area (Å²) in [6.45, 7) is 9.46. The van der Waals surface area contributed by atoms with Crippen molar-refractivity contribution in [1.82, 2.24) is 5.32 Å². The molecule has 106 valence electrons. The summed E-state index contributed by atoms with van der Waals surface area (Å²) in [5.41, 5.74) is 0.892. The number of hydrogen-bond donors (Lipinski definition) is 1. The average molecular weight is 253 g/mol. The maximum Gasteiger partial charge on any atom is 0.0662 e. The predicted octanol–water partition coefficient (Wildman–Crippen LogP) is 3.75. The molecule has 2 heteroatoms. The fourth-order valence-corrected chi connectivity index (χ4v) is 3.69. The molecular weight excluding hydrogens is 222 g/mol. The minimum Gasteiger partial charge on any atom is -0.374 e. The topological polar surface area (TPSA) is 21.3 Å². The van der Waals surface area contributed by atoms with E-state index in [-0.39, 0.29) is 0 Å². The van der Waals surface area contributed by atoms with E-state index in [0.29, 0.717) is 29.1 Å². The lowest BCUT2D eigenvalue weighted by molar-refractivity contribution is -0.165. The van der Waals surface area contributed by atoms with E-state index in [0.717, 1.165) is 0 Å². The van der Waals surface area contributed by atoms with Crippen LogP contribution >= 0.6 is 0 Å².